The molecule has 0 fully saturated rings. The van der Waals surface area contributed by atoms with Crippen molar-refractivity contribution in [3.8, 4) is 0 Å². The molecule has 0 radical (unpaired) electrons. The highest BCUT2D eigenvalue weighted by Gasteiger charge is 2.24. The summed E-state index contributed by atoms with van der Waals surface area (Å²) in [4.78, 5) is 9.30. The second kappa shape index (κ2) is 4.67. The van der Waals surface area contributed by atoms with Crippen molar-refractivity contribution >= 4 is 27.3 Å². The average molecular weight is 265 g/mol. The molecule has 0 N–H and O–H groups in total. The van der Waals surface area contributed by atoms with E-state index in [0.29, 0.717) is 10.7 Å². The first-order valence-electron chi connectivity index (χ1n) is 4.17. The molecule has 0 saturated heterocycles. The number of nitrogens with zero attached hydrogens (tertiary/aromatic N) is 2. The number of sulfonamides is 1. The van der Waals surface area contributed by atoms with Crippen LogP contribution in [0.4, 0.5) is 5.69 Å². The van der Waals surface area contributed by atoms with Crippen molar-refractivity contribution in [3.63, 3.8) is 0 Å². The molecule has 0 heterocycles. The van der Waals surface area contributed by atoms with Crippen molar-refractivity contribution in [3.05, 3.63) is 39.4 Å². The van der Waals surface area contributed by atoms with Crippen LogP contribution in [0.3, 0.4) is 0 Å². The fourth-order valence-electron chi connectivity index (χ4n) is 1.03. The SMILES string of the molecule is CN(c1ccc(Cl)cc1)S(=O)(=O)C[N+](=O)[O-]. The van der Waals surface area contributed by atoms with Gasteiger partial charge in [0.25, 0.3) is 0 Å². The maximum Gasteiger partial charge on any atom is 0.320 e. The molecule has 0 bridgehead atoms. The van der Waals surface area contributed by atoms with Crippen LogP contribution in [0.25, 0.3) is 0 Å². The van der Waals surface area contributed by atoms with Gasteiger partial charge < -0.3 is 0 Å². The van der Waals surface area contributed by atoms with Crippen molar-refractivity contribution in [2.75, 3.05) is 17.2 Å². The Bertz CT molecular complexity index is 485. The molecule has 16 heavy (non-hydrogen) atoms. The summed E-state index contributed by atoms with van der Waals surface area (Å²) in [7, 11) is -2.68. The van der Waals surface area contributed by atoms with Crippen LogP contribution in [0, 0.1) is 10.1 Å². The highest BCUT2D eigenvalue weighted by molar-refractivity contribution is 7.92. The van der Waals surface area contributed by atoms with E-state index in [1.54, 1.807) is 0 Å². The number of anilines is 1. The molecule has 0 atom stereocenters. The van der Waals surface area contributed by atoms with Crippen LogP contribution in [0.1, 0.15) is 0 Å². The maximum absolute atomic E-state index is 11.5. The second-order valence-electron chi connectivity index (χ2n) is 3.02. The minimum atomic E-state index is -3.93. The fourth-order valence-corrected chi connectivity index (χ4v) is 2.04. The van der Waals surface area contributed by atoms with Crippen LogP contribution in [-0.2, 0) is 10.0 Å². The lowest BCUT2D eigenvalue weighted by Gasteiger charge is -2.16. The van der Waals surface area contributed by atoms with Gasteiger partial charge in [0.05, 0.1) is 5.69 Å². The molecule has 1 rings (SSSR count). The molecule has 1 aromatic rings. The summed E-state index contributed by atoms with van der Waals surface area (Å²) < 4.78 is 23.8. The van der Waals surface area contributed by atoms with E-state index in [4.69, 9.17) is 11.6 Å². The van der Waals surface area contributed by atoms with Crippen LogP contribution >= 0.6 is 11.6 Å². The minimum absolute atomic E-state index is 0.325. The van der Waals surface area contributed by atoms with Crippen molar-refractivity contribution in [1.82, 2.24) is 0 Å². The molecule has 8 heteroatoms. The van der Waals surface area contributed by atoms with Crippen molar-refractivity contribution in [1.29, 1.82) is 0 Å². The van der Waals surface area contributed by atoms with Crippen LogP contribution in [0.15, 0.2) is 24.3 Å². The third-order valence-corrected chi connectivity index (χ3v) is 3.71. The Kier molecular flexibility index (Phi) is 3.71. The molecule has 0 aliphatic rings. The number of hydrogen-bond acceptors (Lipinski definition) is 4. The van der Waals surface area contributed by atoms with E-state index in [-0.39, 0.29) is 0 Å². The molecule has 1 aromatic carbocycles. The Labute approximate surface area is 97.6 Å². The Morgan fingerprint density at radius 2 is 1.88 bits per heavy atom. The molecule has 0 unspecified atom stereocenters. The monoisotopic (exact) mass is 264 g/mol. The van der Waals surface area contributed by atoms with E-state index in [2.05, 4.69) is 0 Å². The highest BCUT2D eigenvalue weighted by atomic mass is 35.5. The molecule has 88 valence electrons. The Balaban J connectivity index is 2.97. The van der Waals surface area contributed by atoms with Gasteiger partial charge in [-0.05, 0) is 24.3 Å². The molecular weight excluding hydrogens is 256 g/mol. The van der Waals surface area contributed by atoms with Gasteiger partial charge in [0.15, 0.2) is 0 Å². The fraction of sp³-hybridized carbons (Fsp3) is 0.250. The highest BCUT2D eigenvalue weighted by Crippen LogP contribution is 2.19. The largest absolute Gasteiger partial charge is 0.320 e. The minimum Gasteiger partial charge on any atom is -0.268 e. The third kappa shape index (κ3) is 3.07. The number of benzene rings is 1. The zero-order valence-corrected chi connectivity index (χ0v) is 9.90. The lowest BCUT2D eigenvalue weighted by Crippen LogP contribution is -2.31. The first-order chi connectivity index (χ1) is 7.33. The van der Waals surface area contributed by atoms with Gasteiger partial charge in [-0.25, -0.2) is 0 Å². The van der Waals surface area contributed by atoms with Gasteiger partial charge in [0, 0.05) is 17.0 Å². The van der Waals surface area contributed by atoms with Crippen LogP contribution < -0.4 is 4.31 Å². The lowest BCUT2D eigenvalue weighted by atomic mass is 10.3. The summed E-state index contributed by atoms with van der Waals surface area (Å²) in [5.74, 6) is -1.13. The predicted octanol–water partition coefficient (Wildman–Crippen LogP) is 1.34. The summed E-state index contributed by atoms with van der Waals surface area (Å²) in [5.41, 5.74) is 0.325. The van der Waals surface area contributed by atoms with Gasteiger partial charge in [0.2, 0.25) is 0 Å². The van der Waals surface area contributed by atoms with Crippen LogP contribution in [-0.4, -0.2) is 26.3 Å². The summed E-state index contributed by atoms with van der Waals surface area (Å²) in [6.45, 7) is 0. The Morgan fingerprint density at radius 1 is 1.38 bits per heavy atom. The van der Waals surface area contributed by atoms with Gasteiger partial charge in [-0.1, -0.05) is 11.6 Å². The van der Waals surface area contributed by atoms with E-state index in [1.165, 1.54) is 31.3 Å². The first-order valence-corrected chi connectivity index (χ1v) is 6.15. The molecule has 0 aromatic heterocycles. The number of hydrogen-bond donors (Lipinski definition) is 0. The quantitative estimate of drug-likeness (QED) is 0.607. The molecule has 0 amide bonds. The maximum atomic E-state index is 11.5. The van der Waals surface area contributed by atoms with Gasteiger partial charge in [-0.2, -0.15) is 8.42 Å². The first kappa shape index (κ1) is 12.7. The number of nitro groups is 1. The predicted molar refractivity (Wildman–Crippen MR) is 60.6 cm³/mol. The van der Waals surface area contributed by atoms with E-state index >= 15 is 0 Å². The average Bonchev–Trinajstić information content (AvgIpc) is 2.16. The zero-order chi connectivity index (χ0) is 12.3. The van der Waals surface area contributed by atoms with E-state index < -0.39 is 20.8 Å². The smallest absolute Gasteiger partial charge is 0.268 e. The van der Waals surface area contributed by atoms with Crippen molar-refractivity contribution < 1.29 is 13.3 Å². The third-order valence-electron chi connectivity index (χ3n) is 1.88. The van der Waals surface area contributed by atoms with Crippen molar-refractivity contribution in [2.45, 2.75) is 0 Å². The summed E-state index contributed by atoms with van der Waals surface area (Å²) in [6, 6.07) is 5.96. The zero-order valence-electron chi connectivity index (χ0n) is 8.33. The Morgan fingerprint density at radius 3 is 2.31 bits per heavy atom. The summed E-state index contributed by atoms with van der Waals surface area (Å²) in [5, 5.41) is 10.6. The molecule has 0 saturated carbocycles. The van der Waals surface area contributed by atoms with Crippen LogP contribution in [0.2, 0.25) is 5.02 Å². The number of rotatable bonds is 4. The molecule has 0 spiro atoms. The number of halogens is 1. The topological polar surface area (TPSA) is 80.5 Å². The van der Waals surface area contributed by atoms with Crippen LogP contribution in [0.5, 0.6) is 0 Å². The lowest BCUT2D eigenvalue weighted by molar-refractivity contribution is -0.458. The van der Waals surface area contributed by atoms with E-state index in [9.17, 15) is 18.5 Å². The Hall–Kier alpha value is -1.34. The van der Waals surface area contributed by atoms with Gasteiger partial charge in [-0.3, -0.25) is 14.4 Å². The standard InChI is InChI=1S/C8H9ClN2O4S/c1-10(16(14,15)6-11(12)13)8-4-2-7(9)3-5-8/h2-5H,6H2,1H3. The second-order valence-corrected chi connectivity index (χ2v) is 5.42. The molecule has 0 aliphatic carbocycles. The molecule has 6 nitrogen and oxygen atoms in total. The summed E-state index contributed by atoms with van der Waals surface area (Å²) >= 11 is 5.64. The normalized spacial score (nSPS) is 11.1. The molecule has 0 aliphatic heterocycles. The van der Waals surface area contributed by atoms with Crippen molar-refractivity contribution in [2.24, 2.45) is 0 Å². The van der Waals surface area contributed by atoms with Gasteiger partial charge in [-0.15, -0.1) is 0 Å². The summed E-state index contributed by atoms with van der Waals surface area (Å²) in [6.07, 6.45) is 0. The van der Waals surface area contributed by atoms with Gasteiger partial charge in [0.1, 0.15) is 0 Å². The van der Waals surface area contributed by atoms with E-state index in [1.807, 2.05) is 0 Å². The van der Waals surface area contributed by atoms with Gasteiger partial charge >= 0.3 is 15.9 Å². The molecular formula is C8H9ClN2O4S. The van der Waals surface area contributed by atoms with E-state index in [0.717, 1.165) is 4.31 Å².